The summed E-state index contributed by atoms with van der Waals surface area (Å²) in [5.41, 5.74) is 6.77. The highest BCUT2D eigenvalue weighted by atomic mass is 35.5. The maximum atomic E-state index is 12.0. The van der Waals surface area contributed by atoms with Crippen LogP contribution in [0.25, 0.3) is 10.9 Å². The van der Waals surface area contributed by atoms with Crippen molar-refractivity contribution in [1.82, 2.24) is 25.0 Å². The first-order valence-corrected chi connectivity index (χ1v) is 6.75. The van der Waals surface area contributed by atoms with Crippen LogP contribution in [-0.2, 0) is 6.54 Å². The van der Waals surface area contributed by atoms with Crippen LogP contribution >= 0.6 is 11.6 Å². The van der Waals surface area contributed by atoms with E-state index in [4.69, 9.17) is 17.3 Å². The molecule has 0 amide bonds. The maximum absolute atomic E-state index is 12.0. The van der Waals surface area contributed by atoms with E-state index in [1.807, 2.05) is 6.92 Å². The molecule has 0 aliphatic rings. The Morgan fingerprint density at radius 1 is 1.48 bits per heavy atom. The molecule has 0 radical (unpaired) electrons. The number of benzene rings is 1. The molecule has 1 atom stereocenters. The van der Waals surface area contributed by atoms with Crippen molar-refractivity contribution in [3.63, 3.8) is 0 Å². The second kappa shape index (κ2) is 5.27. The van der Waals surface area contributed by atoms with Gasteiger partial charge < -0.3 is 10.7 Å². The summed E-state index contributed by atoms with van der Waals surface area (Å²) in [6, 6.07) is 4.81. The summed E-state index contributed by atoms with van der Waals surface area (Å²) >= 11 is 5.88. The predicted molar refractivity (Wildman–Crippen MR) is 79.1 cm³/mol. The number of aromatic nitrogens is 5. The molecule has 0 spiro atoms. The van der Waals surface area contributed by atoms with Crippen molar-refractivity contribution in [1.29, 1.82) is 0 Å². The summed E-state index contributed by atoms with van der Waals surface area (Å²) in [6.45, 7) is 2.14. The van der Waals surface area contributed by atoms with E-state index in [2.05, 4.69) is 20.3 Å². The number of aromatic amines is 1. The number of fused-ring (bicyclic) bond motifs is 1. The number of H-pyrrole nitrogens is 1. The van der Waals surface area contributed by atoms with Gasteiger partial charge in [-0.1, -0.05) is 16.8 Å². The minimum absolute atomic E-state index is 0.190. The smallest absolute Gasteiger partial charge is 0.258 e. The Morgan fingerprint density at radius 3 is 3.00 bits per heavy atom. The molecular formula is C13H13ClN6O. The summed E-state index contributed by atoms with van der Waals surface area (Å²) in [6.07, 6.45) is 1.73. The van der Waals surface area contributed by atoms with Crippen LogP contribution in [0.3, 0.4) is 0 Å². The topological polar surface area (TPSA) is 102 Å². The third-order valence-corrected chi connectivity index (χ3v) is 3.29. The first kappa shape index (κ1) is 13.7. The van der Waals surface area contributed by atoms with Crippen molar-refractivity contribution in [3.8, 4) is 0 Å². The average Bonchev–Trinajstić information content (AvgIpc) is 2.88. The SMILES string of the molecule is CC(N)c1cn(Cc2nc3ccc(Cl)cc3c(=O)[nH]2)nn1. The summed E-state index contributed by atoms with van der Waals surface area (Å²) in [5.74, 6) is 0.496. The van der Waals surface area contributed by atoms with Gasteiger partial charge in [-0.3, -0.25) is 4.79 Å². The Kier molecular flexibility index (Phi) is 3.44. The lowest BCUT2D eigenvalue weighted by Gasteiger charge is -2.03. The molecule has 0 fully saturated rings. The number of nitrogens with one attached hydrogen (secondary N) is 1. The Bertz CT molecular complexity index is 853. The van der Waals surface area contributed by atoms with Crippen LogP contribution in [0.5, 0.6) is 0 Å². The Morgan fingerprint density at radius 2 is 2.29 bits per heavy atom. The highest BCUT2D eigenvalue weighted by Gasteiger charge is 2.08. The fourth-order valence-corrected chi connectivity index (χ4v) is 2.16. The fourth-order valence-electron chi connectivity index (χ4n) is 1.99. The van der Waals surface area contributed by atoms with Gasteiger partial charge in [0.05, 0.1) is 22.8 Å². The maximum Gasteiger partial charge on any atom is 0.258 e. The third kappa shape index (κ3) is 2.79. The molecule has 1 aromatic carbocycles. The molecule has 1 unspecified atom stereocenters. The number of hydrogen-bond acceptors (Lipinski definition) is 5. The van der Waals surface area contributed by atoms with Gasteiger partial charge in [0.25, 0.3) is 5.56 Å². The van der Waals surface area contributed by atoms with E-state index in [1.165, 1.54) is 0 Å². The molecule has 0 aliphatic heterocycles. The molecule has 8 heteroatoms. The van der Waals surface area contributed by atoms with E-state index in [-0.39, 0.29) is 11.6 Å². The molecule has 3 N–H and O–H groups in total. The Hall–Kier alpha value is -2.25. The Balaban J connectivity index is 1.97. The van der Waals surface area contributed by atoms with Crippen LogP contribution in [0.2, 0.25) is 5.02 Å². The van der Waals surface area contributed by atoms with E-state index >= 15 is 0 Å². The standard InChI is InChI=1S/C13H13ClN6O/c1-7(15)11-5-20(19-18-11)6-12-16-10-3-2-8(14)4-9(10)13(21)17-12/h2-5,7H,6,15H2,1H3,(H,16,17,21). The van der Waals surface area contributed by atoms with Crippen molar-refractivity contribution < 1.29 is 0 Å². The summed E-state index contributed by atoms with van der Waals surface area (Å²) < 4.78 is 1.58. The van der Waals surface area contributed by atoms with Gasteiger partial charge in [0.2, 0.25) is 0 Å². The summed E-state index contributed by atoms with van der Waals surface area (Å²) in [5, 5.41) is 8.88. The lowest BCUT2D eigenvalue weighted by Crippen LogP contribution is -2.14. The number of hydrogen-bond donors (Lipinski definition) is 2. The van der Waals surface area contributed by atoms with Crippen LogP contribution in [0.1, 0.15) is 24.5 Å². The average molecular weight is 305 g/mol. The predicted octanol–water partition coefficient (Wildman–Crippen LogP) is 1.24. The minimum Gasteiger partial charge on any atom is -0.323 e. The molecule has 3 aromatic rings. The highest BCUT2D eigenvalue weighted by molar-refractivity contribution is 6.31. The lowest BCUT2D eigenvalue weighted by atomic mass is 10.2. The molecule has 108 valence electrons. The van der Waals surface area contributed by atoms with E-state index in [9.17, 15) is 4.79 Å². The summed E-state index contributed by atoms with van der Waals surface area (Å²) in [4.78, 5) is 19.1. The number of nitrogens with zero attached hydrogens (tertiary/aromatic N) is 4. The lowest BCUT2D eigenvalue weighted by molar-refractivity contribution is 0.624. The van der Waals surface area contributed by atoms with Crippen LogP contribution < -0.4 is 11.3 Å². The number of nitrogens with two attached hydrogens (primary N) is 1. The van der Waals surface area contributed by atoms with Crippen molar-refractivity contribution in [2.45, 2.75) is 19.5 Å². The first-order valence-electron chi connectivity index (χ1n) is 6.37. The number of rotatable bonds is 3. The van der Waals surface area contributed by atoms with Gasteiger partial charge in [0.15, 0.2) is 0 Å². The minimum atomic E-state index is -0.231. The Labute approximate surface area is 124 Å². The first-order chi connectivity index (χ1) is 10.0. The molecule has 3 rings (SSSR count). The van der Waals surface area contributed by atoms with E-state index in [0.717, 1.165) is 0 Å². The van der Waals surface area contributed by atoms with E-state index in [0.29, 0.717) is 34.0 Å². The molecule has 2 heterocycles. The molecular weight excluding hydrogens is 292 g/mol. The molecule has 0 bridgehead atoms. The van der Waals surface area contributed by atoms with Gasteiger partial charge in [0.1, 0.15) is 12.4 Å². The molecule has 21 heavy (non-hydrogen) atoms. The van der Waals surface area contributed by atoms with Crippen LogP contribution in [0, 0.1) is 0 Å². The molecule has 7 nitrogen and oxygen atoms in total. The largest absolute Gasteiger partial charge is 0.323 e. The van der Waals surface area contributed by atoms with Crippen LogP contribution in [0.4, 0.5) is 0 Å². The fraction of sp³-hybridized carbons (Fsp3) is 0.231. The summed E-state index contributed by atoms with van der Waals surface area (Å²) in [7, 11) is 0. The zero-order chi connectivity index (χ0) is 15.0. The van der Waals surface area contributed by atoms with Gasteiger partial charge in [-0.2, -0.15) is 0 Å². The van der Waals surface area contributed by atoms with Gasteiger partial charge in [-0.05, 0) is 25.1 Å². The quantitative estimate of drug-likeness (QED) is 0.757. The van der Waals surface area contributed by atoms with Gasteiger partial charge in [-0.25, -0.2) is 9.67 Å². The number of halogens is 1. The molecule has 0 aliphatic carbocycles. The molecule has 2 aromatic heterocycles. The van der Waals surface area contributed by atoms with Crippen molar-refractivity contribution in [2.24, 2.45) is 5.73 Å². The van der Waals surface area contributed by atoms with Crippen molar-refractivity contribution in [2.75, 3.05) is 0 Å². The van der Waals surface area contributed by atoms with Gasteiger partial charge in [-0.15, -0.1) is 5.10 Å². The zero-order valence-electron chi connectivity index (χ0n) is 11.2. The van der Waals surface area contributed by atoms with Gasteiger partial charge >= 0.3 is 0 Å². The van der Waals surface area contributed by atoms with E-state index < -0.39 is 0 Å². The van der Waals surface area contributed by atoms with Crippen LogP contribution in [0.15, 0.2) is 29.2 Å². The normalized spacial score (nSPS) is 12.7. The second-order valence-corrected chi connectivity index (χ2v) is 5.24. The monoisotopic (exact) mass is 304 g/mol. The zero-order valence-corrected chi connectivity index (χ0v) is 12.0. The van der Waals surface area contributed by atoms with Gasteiger partial charge in [0, 0.05) is 11.1 Å². The molecule has 0 saturated carbocycles. The van der Waals surface area contributed by atoms with Crippen molar-refractivity contribution in [3.05, 3.63) is 51.3 Å². The van der Waals surface area contributed by atoms with Crippen LogP contribution in [-0.4, -0.2) is 25.0 Å². The highest BCUT2D eigenvalue weighted by Crippen LogP contribution is 2.14. The van der Waals surface area contributed by atoms with Crippen molar-refractivity contribution >= 4 is 22.5 Å². The van der Waals surface area contributed by atoms with E-state index in [1.54, 1.807) is 29.1 Å². The third-order valence-electron chi connectivity index (χ3n) is 3.05. The molecule has 0 saturated heterocycles. The second-order valence-electron chi connectivity index (χ2n) is 4.80.